The second kappa shape index (κ2) is 11.1. The molecule has 2 heterocycles. The van der Waals surface area contributed by atoms with Crippen molar-refractivity contribution in [2.45, 2.75) is 32.3 Å². The molecule has 0 spiro atoms. The molecule has 1 fully saturated rings. The van der Waals surface area contributed by atoms with Crippen LogP contribution in [-0.4, -0.2) is 23.0 Å². The molecular weight excluding hydrogens is 553 g/mol. The van der Waals surface area contributed by atoms with Gasteiger partial charge in [-0.25, -0.2) is 0 Å². The molecule has 1 aliphatic rings. The Morgan fingerprint density at radius 1 is 1.22 bits per heavy atom. The molecule has 0 amide bonds. The van der Waals surface area contributed by atoms with Crippen LogP contribution in [0.4, 0.5) is 10.2 Å². The molecule has 0 saturated carbocycles. The number of hydrogen-bond donors (Lipinski definition) is 2. The largest absolute Gasteiger partial charge is 0.508 e. The Labute approximate surface area is 223 Å². The third-order valence-electron chi connectivity index (χ3n) is 5.46. The van der Waals surface area contributed by atoms with Gasteiger partial charge in [0.05, 0.1) is 12.7 Å². The van der Waals surface area contributed by atoms with E-state index in [1.54, 1.807) is 24.3 Å². The predicted molar refractivity (Wildman–Crippen MR) is 138 cm³/mol. The number of nitrogens with zero attached hydrogens (tertiary/aromatic N) is 1. The van der Waals surface area contributed by atoms with Crippen molar-refractivity contribution in [3.63, 3.8) is 0 Å². The van der Waals surface area contributed by atoms with Crippen LogP contribution >= 0.6 is 42.4 Å². The molecule has 2 aromatic carbocycles. The molecule has 36 heavy (non-hydrogen) atoms. The van der Waals surface area contributed by atoms with Crippen LogP contribution in [0.5, 0.6) is 17.2 Å². The van der Waals surface area contributed by atoms with Gasteiger partial charge >= 0.3 is 7.60 Å². The number of ether oxygens (including phenoxy) is 1. The molecule has 192 valence electrons. The predicted octanol–water partition coefficient (Wildman–Crippen LogP) is 8.54. The van der Waals surface area contributed by atoms with E-state index in [9.17, 15) is 14.1 Å². The van der Waals surface area contributed by atoms with Crippen molar-refractivity contribution in [2.24, 2.45) is 0 Å². The van der Waals surface area contributed by atoms with Gasteiger partial charge in [-0.15, -0.1) is 0 Å². The summed E-state index contributed by atoms with van der Waals surface area (Å²) in [6, 6.07) is 11.6. The van der Waals surface area contributed by atoms with E-state index in [0.717, 1.165) is 5.56 Å². The van der Waals surface area contributed by atoms with Crippen molar-refractivity contribution in [1.29, 1.82) is 0 Å². The fourth-order valence-electron chi connectivity index (χ4n) is 3.64. The van der Waals surface area contributed by atoms with Gasteiger partial charge in [0, 0.05) is 17.0 Å². The van der Waals surface area contributed by atoms with E-state index in [-0.39, 0.29) is 46.9 Å². The summed E-state index contributed by atoms with van der Waals surface area (Å²) >= 11 is 18.6. The monoisotopic (exact) mass is 574 g/mol. The number of phenols is 1. The van der Waals surface area contributed by atoms with Crippen LogP contribution in [-0.2, 0) is 13.6 Å². The minimum Gasteiger partial charge on any atom is -0.508 e. The first kappa shape index (κ1) is 27.0. The maximum Gasteiger partial charge on any atom is 0.350 e. The second-order valence-electron chi connectivity index (χ2n) is 8.40. The van der Waals surface area contributed by atoms with E-state index in [0.29, 0.717) is 17.0 Å². The zero-order chi connectivity index (χ0) is 26.0. The summed E-state index contributed by atoms with van der Waals surface area (Å²) < 4.78 is 44.8. The summed E-state index contributed by atoms with van der Waals surface area (Å²) in [5, 5.41) is 12.8. The van der Waals surface area contributed by atoms with Gasteiger partial charge < -0.3 is 19.7 Å². The fourth-order valence-corrected chi connectivity index (χ4v) is 5.87. The second-order valence-corrected chi connectivity index (χ2v) is 11.6. The van der Waals surface area contributed by atoms with E-state index in [2.05, 4.69) is 10.3 Å². The number of hydrogen-bond acceptors (Lipinski definition) is 7. The summed E-state index contributed by atoms with van der Waals surface area (Å²) in [6.07, 6.45) is -0.324. The lowest BCUT2D eigenvalue weighted by Gasteiger charge is -2.30. The third kappa shape index (κ3) is 6.08. The number of rotatable bonds is 7. The first-order chi connectivity index (χ1) is 17.1. The summed E-state index contributed by atoms with van der Waals surface area (Å²) in [4.78, 5) is 3.73. The highest BCUT2D eigenvalue weighted by Crippen LogP contribution is 2.56. The van der Waals surface area contributed by atoms with E-state index >= 15 is 0 Å². The van der Waals surface area contributed by atoms with Crippen LogP contribution in [0.25, 0.3) is 0 Å². The van der Waals surface area contributed by atoms with Crippen molar-refractivity contribution in [2.75, 3.05) is 18.2 Å². The average Bonchev–Trinajstić information content (AvgIpc) is 2.84. The van der Waals surface area contributed by atoms with Gasteiger partial charge in [-0.05, 0) is 41.8 Å². The highest BCUT2D eigenvalue weighted by atomic mass is 35.5. The van der Waals surface area contributed by atoms with E-state index < -0.39 is 24.7 Å². The van der Waals surface area contributed by atoms with Crippen LogP contribution in [0, 0.1) is 5.95 Å². The number of aromatic nitrogens is 1. The Morgan fingerprint density at radius 3 is 2.72 bits per heavy atom. The first-order valence-corrected chi connectivity index (χ1v) is 13.9. The molecule has 2 atom stereocenters. The Balaban J connectivity index is 1.54. The number of anilines is 1. The lowest BCUT2D eigenvalue weighted by atomic mass is 10.0. The lowest BCUT2D eigenvalue weighted by molar-refractivity contribution is 0.0822. The van der Waals surface area contributed by atoms with Gasteiger partial charge in [-0.2, -0.15) is 9.37 Å². The molecule has 3 aromatic rings. The van der Waals surface area contributed by atoms with Crippen molar-refractivity contribution in [3.05, 3.63) is 74.6 Å². The molecule has 7 nitrogen and oxygen atoms in total. The zero-order valence-corrected chi connectivity index (χ0v) is 22.5. The SMILES string of the molecule is CC(C)c1cc(Oc2c(Cl)c(F)nc(NC[P@@]3(=O)OCC[C@@H](c4cccc(Cl)c4)O3)c2Cl)ccc1O. The zero-order valence-electron chi connectivity index (χ0n) is 19.3. The lowest BCUT2D eigenvalue weighted by Crippen LogP contribution is -2.18. The van der Waals surface area contributed by atoms with Crippen molar-refractivity contribution in [1.82, 2.24) is 4.98 Å². The molecule has 0 aliphatic carbocycles. The average molecular weight is 576 g/mol. The number of phenolic OH excluding ortho intramolecular Hbond substituents is 1. The van der Waals surface area contributed by atoms with Crippen LogP contribution in [0.15, 0.2) is 42.5 Å². The smallest absolute Gasteiger partial charge is 0.350 e. The maximum absolute atomic E-state index is 14.6. The van der Waals surface area contributed by atoms with Gasteiger partial charge in [-0.1, -0.05) is 60.8 Å². The minimum atomic E-state index is -3.64. The molecular formula is C24H23Cl3FN2O5P. The third-order valence-corrected chi connectivity index (χ3v) is 8.07. The van der Waals surface area contributed by atoms with E-state index in [1.165, 1.54) is 12.1 Å². The maximum atomic E-state index is 14.6. The highest BCUT2D eigenvalue weighted by molar-refractivity contribution is 7.54. The van der Waals surface area contributed by atoms with Gasteiger partial charge in [0.1, 0.15) is 27.8 Å². The van der Waals surface area contributed by atoms with Gasteiger partial charge in [0.25, 0.3) is 0 Å². The Bertz CT molecular complexity index is 1330. The quantitative estimate of drug-likeness (QED) is 0.215. The summed E-state index contributed by atoms with van der Waals surface area (Å²) in [5.41, 5.74) is 1.40. The number of pyridine rings is 1. The number of halogens is 4. The van der Waals surface area contributed by atoms with Gasteiger partial charge in [0.2, 0.25) is 5.95 Å². The van der Waals surface area contributed by atoms with Gasteiger partial charge in [0.15, 0.2) is 11.6 Å². The Kier molecular flexibility index (Phi) is 8.35. The molecule has 12 heteroatoms. The van der Waals surface area contributed by atoms with Crippen molar-refractivity contribution >= 4 is 48.2 Å². The normalized spacial score (nSPS) is 19.9. The Hall–Kier alpha value is -2.06. The van der Waals surface area contributed by atoms with Crippen molar-refractivity contribution < 1.29 is 27.8 Å². The summed E-state index contributed by atoms with van der Waals surface area (Å²) in [7, 11) is -3.64. The molecule has 1 aromatic heterocycles. The molecule has 0 radical (unpaired) electrons. The number of nitrogens with one attached hydrogen (secondary N) is 1. The molecule has 1 aliphatic heterocycles. The van der Waals surface area contributed by atoms with Crippen molar-refractivity contribution in [3.8, 4) is 17.2 Å². The fraction of sp³-hybridized carbons (Fsp3) is 0.292. The minimum absolute atomic E-state index is 0.00865. The van der Waals surface area contributed by atoms with E-state index in [4.69, 9.17) is 48.6 Å². The van der Waals surface area contributed by atoms with E-state index in [1.807, 2.05) is 19.9 Å². The van der Waals surface area contributed by atoms with Crippen LogP contribution in [0.1, 0.15) is 43.4 Å². The summed E-state index contributed by atoms with van der Waals surface area (Å²) in [6.45, 7) is 4.00. The first-order valence-electron chi connectivity index (χ1n) is 11.0. The topological polar surface area (TPSA) is 89.9 Å². The molecule has 1 saturated heterocycles. The Morgan fingerprint density at radius 2 is 2.00 bits per heavy atom. The molecule has 0 unspecified atom stereocenters. The molecule has 2 N–H and O–H groups in total. The van der Waals surface area contributed by atoms with Crippen LogP contribution in [0.2, 0.25) is 15.1 Å². The number of aromatic hydroxyl groups is 1. The number of benzene rings is 2. The molecule has 4 rings (SSSR count). The molecule has 0 bridgehead atoms. The highest BCUT2D eigenvalue weighted by Gasteiger charge is 2.35. The van der Waals surface area contributed by atoms with Crippen LogP contribution < -0.4 is 10.1 Å². The summed E-state index contributed by atoms with van der Waals surface area (Å²) in [5.74, 6) is -0.978. The van der Waals surface area contributed by atoms with Crippen LogP contribution in [0.3, 0.4) is 0 Å². The van der Waals surface area contributed by atoms with Gasteiger partial charge in [-0.3, -0.25) is 9.09 Å². The standard InChI is InChI=1S/C24H23Cl3FN2O5P/c1-13(2)17-11-16(6-7-18(17)31)34-22-20(26)23(28)30-24(21(22)27)29-12-36(32)33-9-8-19(35-36)14-4-3-5-15(25)10-14/h3-7,10-11,13,19,31H,8-9,12H2,1-2H3,(H,29,30)/t19-,36+/m0/s1.